The van der Waals surface area contributed by atoms with Crippen molar-refractivity contribution in [1.82, 2.24) is 9.80 Å². The fourth-order valence-electron chi connectivity index (χ4n) is 3.41. The average molecular weight is 396 g/mol. The van der Waals surface area contributed by atoms with E-state index < -0.39 is 0 Å². The molecule has 2 amide bonds. The Morgan fingerprint density at radius 2 is 1.59 bits per heavy atom. The highest BCUT2D eigenvalue weighted by Gasteiger charge is 2.23. The summed E-state index contributed by atoms with van der Waals surface area (Å²) in [7, 11) is 0. The van der Waals surface area contributed by atoms with E-state index in [1.165, 1.54) is 0 Å². The molecule has 154 valence electrons. The van der Waals surface area contributed by atoms with E-state index in [0.717, 1.165) is 12.0 Å². The van der Waals surface area contributed by atoms with E-state index in [9.17, 15) is 9.59 Å². The van der Waals surface area contributed by atoms with Gasteiger partial charge >= 0.3 is 0 Å². The summed E-state index contributed by atoms with van der Waals surface area (Å²) in [4.78, 5) is 29.0. The van der Waals surface area contributed by atoms with Crippen LogP contribution in [0.4, 0.5) is 0 Å². The molecule has 1 aliphatic rings. The van der Waals surface area contributed by atoms with Gasteiger partial charge in [-0.2, -0.15) is 0 Å². The Labute approximate surface area is 172 Å². The normalized spacial score (nSPS) is 14.3. The predicted molar refractivity (Wildman–Crippen MR) is 111 cm³/mol. The van der Waals surface area contributed by atoms with Gasteiger partial charge in [-0.25, -0.2) is 0 Å². The number of carbonyl (C=O) groups excluding carboxylic acids is 2. The molecule has 0 radical (unpaired) electrons. The van der Waals surface area contributed by atoms with Crippen LogP contribution < -0.4 is 9.47 Å². The monoisotopic (exact) mass is 396 g/mol. The van der Waals surface area contributed by atoms with Gasteiger partial charge in [0.05, 0.1) is 6.61 Å². The lowest BCUT2D eigenvalue weighted by Gasteiger charge is -2.22. The Bertz CT molecular complexity index is 852. The topological polar surface area (TPSA) is 59.1 Å². The molecule has 0 saturated carbocycles. The quantitative estimate of drug-likeness (QED) is 0.753. The lowest BCUT2D eigenvalue weighted by Crippen LogP contribution is -2.39. The predicted octanol–water partition coefficient (Wildman–Crippen LogP) is 3.15. The Kier molecular flexibility index (Phi) is 7.11. The SMILES string of the molecule is CCOc1ccccc1OCC(=O)N1CCCN(C(=O)c2cccc(C)c2)CC1. The Balaban J connectivity index is 1.55. The number of ether oxygens (including phenoxy) is 2. The van der Waals surface area contributed by atoms with Crippen molar-refractivity contribution in [2.24, 2.45) is 0 Å². The highest BCUT2D eigenvalue weighted by Crippen LogP contribution is 2.26. The lowest BCUT2D eigenvalue weighted by atomic mass is 10.1. The lowest BCUT2D eigenvalue weighted by molar-refractivity contribution is -0.133. The molecule has 6 heteroatoms. The van der Waals surface area contributed by atoms with Crippen LogP contribution in [-0.2, 0) is 4.79 Å². The standard InChI is InChI=1S/C23H28N2O4/c1-3-28-20-10-4-5-11-21(20)29-17-22(26)24-12-7-13-25(15-14-24)23(27)19-9-6-8-18(2)16-19/h4-6,8-11,16H,3,7,12-15,17H2,1-2H3. The molecule has 1 fully saturated rings. The molecule has 0 bridgehead atoms. The molecule has 29 heavy (non-hydrogen) atoms. The molecule has 0 atom stereocenters. The van der Waals surface area contributed by atoms with Crippen LogP contribution in [0.25, 0.3) is 0 Å². The first kappa shape index (κ1) is 20.7. The van der Waals surface area contributed by atoms with Crippen LogP contribution in [0.2, 0.25) is 0 Å². The zero-order valence-corrected chi connectivity index (χ0v) is 17.1. The molecule has 2 aromatic rings. The van der Waals surface area contributed by atoms with Crippen molar-refractivity contribution in [3.05, 3.63) is 59.7 Å². The van der Waals surface area contributed by atoms with Crippen LogP contribution in [-0.4, -0.2) is 61.0 Å². The van der Waals surface area contributed by atoms with Gasteiger partial charge in [0.15, 0.2) is 18.1 Å². The summed E-state index contributed by atoms with van der Waals surface area (Å²) in [5.41, 5.74) is 1.76. The fraction of sp³-hybridized carbons (Fsp3) is 0.391. The first-order valence-corrected chi connectivity index (χ1v) is 10.1. The van der Waals surface area contributed by atoms with E-state index >= 15 is 0 Å². The average Bonchev–Trinajstić information content (AvgIpc) is 2.99. The van der Waals surface area contributed by atoms with Crippen LogP contribution >= 0.6 is 0 Å². The minimum Gasteiger partial charge on any atom is -0.490 e. The number of aryl methyl sites for hydroxylation is 1. The van der Waals surface area contributed by atoms with Gasteiger partial charge in [0.2, 0.25) is 0 Å². The number of rotatable bonds is 6. The number of para-hydroxylation sites is 2. The highest BCUT2D eigenvalue weighted by atomic mass is 16.5. The Morgan fingerprint density at radius 1 is 0.897 bits per heavy atom. The highest BCUT2D eigenvalue weighted by molar-refractivity contribution is 5.94. The van der Waals surface area contributed by atoms with Crippen LogP contribution in [0.5, 0.6) is 11.5 Å². The second-order valence-electron chi connectivity index (χ2n) is 7.06. The van der Waals surface area contributed by atoms with Crippen molar-refractivity contribution in [3.63, 3.8) is 0 Å². The van der Waals surface area contributed by atoms with Crippen LogP contribution in [0.3, 0.4) is 0 Å². The van der Waals surface area contributed by atoms with E-state index in [1.54, 1.807) is 11.0 Å². The fourth-order valence-corrected chi connectivity index (χ4v) is 3.41. The zero-order chi connectivity index (χ0) is 20.6. The first-order chi connectivity index (χ1) is 14.1. The van der Waals surface area contributed by atoms with E-state index in [1.807, 2.05) is 61.2 Å². The van der Waals surface area contributed by atoms with E-state index in [4.69, 9.17) is 9.47 Å². The molecule has 1 heterocycles. The summed E-state index contributed by atoms with van der Waals surface area (Å²) in [5, 5.41) is 0. The van der Waals surface area contributed by atoms with Gasteiger partial charge in [-0.1, -0.05) is 29.8 Å². The second-order valence-corrected chi connectivity index (χ2v) is 7.06. The number of nitrogens with zero attached hydrogens (tertiary/aromatic N) is 2. The summed E-state index contributed by atoms with van der Waals surface area (Å²) in [6.45, 7) is 6.66. The number of hydrogen-bond donors (Lipinski definition) is 0. The molecule has 6 nitrogen and oxygen atoms in total. The summed E-state index contributed by atoms with van der Waals surface area (Å²) in [6.07, 6.45) is 0.749. The third-order valence-corrected chi connectivity index (χ3v) is 4.90. The molecule has 0 aliphatic carbocycles. The zero-order valence-electron chi connectivity index (χ0n) is 17.1. The molecular weight excluding hydrogens is 368 g/mol. The van der Waals surface area contributed by atoms with Gasteiger partial charge in [-0.15, -0.1) is 0 Å². The van der Waals surface area contributed by atoms with E-state index in [2.05, 4.69) is 0 Å². The molecule has 0 spiro atoms. The third kappa shape index (κ3) is 5.50. The van der Waals surface area contributed by atoms with Crippen LogP contribution in [0, 0.1) is 6.92 Å². The van der Waals surface area contributed by atoms with Gasteiger partial charge in [-0.05, 0) is 44.5 Å². The van der Waals surface area contributed by atoms with Crippen LogP contribution in [0.15, 0.2) is 48.5 Å². The molecule has 1 aliphatic heterocycles. The van der Waals surface area contributed by atoms with Crippen molar-refractivity contribution in [2.45, 2.75) is 20.3 Å². The largest absolute Gasteiger partial charge is 0.490 e. The smallest absolute Gasteiger partial charge is 0.260 e. The number of benzene rings is 2. The van der Waals surface area contributed by atoms with Crippen molar-refractivity contribution in [1.29, 1.82) is 0 Å². The number of hydrogen-bond acceptors (Lipinski definition) is 4. The van der Waals surface area contributed by atoms with Crippen molar-refractivity contribution >= 4 is 11.8 Å². The van der Waals surface area contributed by atoms with E-state index in [0.29, 0.717) is 49.8 Å². The molecule has 0 aromatic heterocycles. The van der Waals surface area contributed by atoms with Gasteiger partial charge in [0, 0.05) is 31.7 Å². The number of amides is 2. The molecule has 1 saturated heterocycles. The maximum absolute atomic E-state index is 12.8. The van der Waals surface area contributed by atoms with Gasteiger partial charge in [0.1, 0.15) is 0 Å². The minimum absolute atomic E-state index is 0.0184. The third-order valence-electron chi connectivity index (χ3n) is 4.90. The summed E-state index contributed by atoms with van der Waals surface area (Å²) >= 11 is 0. The Hall–Kier alpha value is -3.02. The van der Waals surface area contributed by atoms with Crippen LogP contribution in [0.1, 0.15) is 29.3 Å². The minimum atomic E-state index is -0.0823. The van der Waals surface area contributed by atoms with Gasteiger partial charge in [-0.3, -0.25) is 9.59 Å². The van der Waals surface area contributed by atoms with Crippen molar-refractivity contribution in [2.75, 3.05) is 39.4 Å². The Morgan fingerprint density at radius 3 is 2.31 bits per heavy atom. The number of carbonyl (C=O) groups is 2. The van der Waals surface area contributed by atoms with Gasteiger partial charge < -0.3 is 19.3 Å². The molecule has 3 rings (SSSR count). The molecule has 0 unspecified atom stereocenters. The summed E-state index contributed by atoms with van der Waals surface area (Å²) in [6, 6.07) is 15.0. The summed E-state index contributed by atoms with van der Waals surface area (Å²) < 4.78 is 11.2. The maximum atomic E-state index is 12.8. The first-order valence-electron chi connectivity index (χ1n) is 10.1. The molecule has 0 N–H and O–H groups in total. The van der Waals surface area contributed by atoms with Crippen molar-refractivity contribution < 1.29 is 19.1 Å². The molecule has 2 aromatic carbocycles. The summed E-state index contributed by atoms with van der Waals surface area (Å²) in [5.74, 6) is 1.13. The second kappa shape index (κ2) is 9.96. The molecular formula is C23H28N2O4. The van der Waals surface area contributed by atoms with Gasteiger partial charge in [0.25, 0.3) is 11.8 Å². The maximum Gasteiger partial charge on any atom is 0.260 e. The van der Waals surface area contributed by atoms with Crippen molar-refractivity contribution in [3.8, 4) is 11.5 Å². The van der Waals surface area contributed by atoms with E-state index in [-0.39, 0.29) is 18.4 Å².